The van der Waals surface area contributed by atoms with Gasteiger partial charge in [0.1, 0.15) is 85.5 Å². The first-order valence-electron chi connectivity index (χ1n) is 16.0. The van der Waals surface area contributed by atoms with Gasteiger partial charge in [0.15, 0.2) is 25.0 Å². The minimum absolute atomic E-state index is 0.841. The standard InChI is InChI=1S/C28H46O24/c1-7(33)45-23-15(38)13(36)10(4-30)47-26(23)50-21-12(6-32)48-24(17(40)16(21)39)51-22-14(37)11(5-31)46-25(18(22)41)49-19-8(34)2-28(44,27(42)43)52-20(19)9(35)3-29/h8-26,29-32,34-41,44H,2-6H2,1H3,(H,42,43)/t8-,9-,10?,11?,12?,13+,14+,15+,16-,17?,18?,19-,20?,21+,22+,23?,24-,25+,26+,28-/m1/s1. The molecule has 0 spiro atoms. The molecule has 20 atom stereocenters. The van der Waals surface area contributed by atoms with Crippen LogP contribution in [0, 0.1) is 0 Å². The van der Waals surface area contributed by atoms with E-state index in [4.69, 9.17) is 37.9 Å². The smallest absolute Gasteiger partial charge is 0.364 e. The fourth-order valence-electron chi connectivity index (χ4n) is 6.27. The number of carboxylic acids is 1. The summed E-state index contributed by atoms with van der Waals surface area (Å²) in [7, 11) is 0. The Labute approximate surface area is 293 Å². The predicted molar refractivity (Wildman–Crippen MR) is 155 cm³/mol. The van der Waals surface area contributed by atoms with Crippen LogP contribution in [0.3, 0.4) is 0 Å². The first-order chi connectivity index (χ1) is 24.4. The third-order valence-electron chi connectivity index (χ3n) is 9.06. The highest BCUT2D eigenvalue weighted by molar-refractivity contribution is 5.75. The molecule has 4 fully saturated rings. The molecule has 52 heavy (non-hydrogen) atoms. The van der Waals surface area contributed by atoms with E-state index in [1.807, 2.05) is 0 Å². The van der Waals surface area contributed by atoms with Crippen molar-refractivity contribution in [3.63, 3.8) is 0 Å². The number of carbonyl (C=O) groups excluding carboxylic acids is 1. The fraction of sp³-hybridized carbons (Fsp3) is 0.929. The first-order valence-corrected chi connectivity index (χ1v) is 16.0. The lowest BCUT2D eigenvalue weighted by Crippen LogP contribution is -2.68. The summed E-state index contributed by atoms with van der Waals surface area (Å²) in [4.78, 5) is 23.3. The molecule has 24 nitrogen and oxygen atoms in total. The van der Waals surface area contributed by atoms with E-state index in [0.717, 1.165) is 6.92 Å². The summed E-state index contributed by atoms with van der Waals surface area (Å²) in [6.45, 7) is -2.90. The summed E-state index contributed by atoms with van der Waals surface area (Å²) in [6.07, 6.45) is -36.7. The second kappa shape index (κ2) is 17.7. The third-order valence-corrected chi connectivity index (χ3v) is 9.06. The Bertz CT molecular complexity index is 1180. The molecule has 0 saturated carbocycles. The second-order valence-corrected chi connectivity index (χ2v) is 12.7. The van der Waals surface area contributed by atoms with Crippen molar-refractivity contribution in [2.75, 3.05) is 26.4 Å². The molecule has 4 heterocycles. The Morgan fingerprint density at radius 3 is 1.73 bits per heavy atom. The van der Waals surface area contributed by atoms with E-state index >= 15 is 0 Å². The average molecular weight is 767 g/mol. The number of hydrogen-bond donors (Lipinski definition) is 14. The van der Waals surface area contributed by atoms with E-state index in [2.05, 4.69) is 0 Å². The number of carbonyl (C=O) groups is 2. The highest BCUT2D eigenvalue weighted by atomic mass is 16.8. The van der Waals surface area contributed by atoms with Crippen molar-refractivity contribution in [1.82, 2.24) is 0 Å². The van der Waals surface area contributed by atoms with Gasteiger partial charge in [-0.05, 0) is 0 Å². The molecule has 7 unspecified atom stereocenters. The molecule has 0 aromatic carbocycles. The van der Waals surface area contributed by atoms with Gasteiger partial charge < -0.3 is 109 Å². The summed E-state index contributed by atoms with van der Waals surface area (Å²) < 4.78 is 43.2. The van der Waals surface area contributed by atoms with Gasteiger partial charge in [-0.3, -0.25) is 4.79 Å². The van der Waals surface area contributed by atoms with Crippen molar-refractivity contribution in [3.05, 3.63) is 0 Å². The van der Waals surface area contributed by atoms with E-state index < -0.39 is 167 Å². The molecule has 0 amide bonds. The molecule has 14 N–H and O–H groups in total. The summed E-state index contributed by atoms with van der Waals surface area (Å²) >= 11 is 0. The zero-order valence-corrected chi connectivity index (χ0v) is 27.3. The van der Waals surface area contributed by atoms with Crippen molar-refractivity contribution in [1.29, 1.82) is 0 Å². The lowest BCUT2D eigenvalue weighted by molar-refractivity contribution is -0.389. The molecule has 4 rings (SSSR count). The normalized spacial score (nSPS) is 47.8. The largest absolute Gasteiger partial charge is 0.477 e. The van der Waals surface area contributed by atoms with Crippen molar-refractivity contribution in [2.24, 2.45) is 0 Å². The quantitative estimate of drug-likeness (QED) is 0.0774. The zero-order valence-electron chi connectivity index (χ0n) is 27.3. The van der Waals surface area contributed by atoms with Crippen LogP contribution < -0.4 is 0 Å². The Balaban J connectivity index is 1.52. The van der Waals surface area contributed by atoms with Gasteiger partial charge in [0.2, 0.25) is 0 Å². The highest BCUT2D eigenvalue weighted by Gasteiger charge is 2.57. The second-order valence-electron chi connectivity index (χ2n) is 12.7. The molecule has 4 aliphatic heterocycles. The number of hydrogen-bond acceptors (Lipinski definition) is 23. The van der Waals surface area contributed by atoms with Crippen LogP contribution in [-0.2, 0) is 47.5 Å². The molecule has 0 radical (unpaired) electrons. The number of aliphatic hydroxyl groups excluding tert-OH is 12. The van der Waals surface area contributed by atoms with Crippen molar-refractivity contribution in [2.45, 2.75) is 136 Å². The van der Waals surface area contributed by atoms with Crippen LogP contribution in [0.15, 0.2) is 0 Å². The van der Waals surface area contributed by atoms with Gasteiger partial charge in [0.05, 0.1) is 32.5 Å². The Kier molecular flexibility index (Phi) is 14.6. The van der Waals surface area contributed by atoms with Crippen LogP contribution in [0.1, 0.15) is 13.3 Å². The van der Waals surface area contributed by atoms with E-state index in [1.165, 1.54) is 0 Å². The maximum Gasteiger partial charge on any atom is 0.364 e. The van der Waals surface area contributed by atoms with Crippen LogP contribution >= 0.6 is 0 Å². The summed E-state index contributed by atoms with van der Waals surface area (Å²) in [5.74, 6) is -5.93. The molecular weight excluding hydrogens is 720 g/mol. The van der Waals surface area contributed by atoms with Crippen LogP contribution in [0.4, 0.5) is 0 Å². The zero-order chi connectivity index (χ0) is 38.8. The maximum absolute atomic E-state index is 11.7. The lowest BCUT2D eigenvalue weighted by atomic mass is 9.92. The molecule has 24 heteroatoms. The van der Waals surface area contributed by atoms with E-state index in [9.17, 15) is 81.1 Å². The van der Waals surface area contributed by atoms with Crippen LogP contribution in [0.5, 0.6) is 0 Å². The monoisotopic (exact) mass is 766 g/mol. The molecule has 302 valence electrons. The average Bonchev–Trinajstić information content (AvgIpc) is 3.10. The highest BCUT2D eigenvalue weighted by Crippen LogP contribution is 2.36. The number of aliphatic hydroxyl groups is 13. The van der Waals surface area contributed by atoms with E-state index in [-0.39, 0.29) is 0 Å². The molecule has 0 bridgehead atoms. The van der Waals surface area contributed by atoms with E-state index in [1.54, 1.807) is 0 Å². The number of aliphatic carboxylic acids is 1. The van der Waals surface area contributed by atoms with Gasteiger partial charge in [0, 0.05) is 13.3 Å². The molecule has 4 saturated heterocycles. The van der Waals surface area contributed by atoms with Gasteiger partial charge in [-0.2, -0.15) is 0 Å². The van der Waals surface area contributed by atoms with Crippen LogP contribution in [0.25, 0.3) is 0 Å². The predicted octanol–water partition coefficient (Wildman–Crippen LogP) is -9.33. The lowest BCUT2D eigenvalue weighted by Gasteiger charge is -2.49. The Morgan fingerprint density at radius 2 is 1.17 bits per heavy atom. The number of rotatable bonds is 13. The molecule has 0 aromatic rings. The van der Waals surface area contributed by atoms with Gasteiger partial charge in [0.25, 0.3) is 5.79 Å². The Morgan fingerprint density at radius 1 is 0.673 bits per heavy atom. The van der Waals surface area contributed by atoms with Crippen molar-refractivity contribution < 1.29 is 119 Å². The minimum atomic E-state index is -3.03. The Hall–Kier alpha value is -1.86. The van der Waals surface area contributed by atoms with E-state index in [0.29, 0.717) is 0 Å². The fourth-order valence-corrected chi connectivity index (χ4v) is 6.27. The summed E-state index contributed by atoms with van der Waals surface area (Å²) in [6, 6.07) is 0. The van der Waals surface area contributed by atoms with Crippen molar-refractivity contribution in [3.8, 4) is 0 Å². The number of ether oxygens (including phenoxy) is 8. The summed E-state index contributed by atoms with van der Waals surface area (Å²) in [5.41, 5.74) is 0. The number of esters is 1. The van der Waals surface area contributed by atoms with Crippen LogP contribution in [0.2, 0.25) is 0 Å². The summed E-state index contributed by atoms with van der Waals surface area (Å²) in [5, 5.41) is 145. The maximum atomic E-state index is 11.7. The topological polar surface area (TPSA) is 391 Å². The molecule has 0 aliphatic carbocycles. The van der Waals surface area contributed by atoms with Crippen molar-refractivity contribution >= 4 is 11.9 Å². The third kappa shape index (κ3) is 8.82. The molecular formula is C28H46O24. The first kappa shape index (κ1) is 42.9. The van der Waals surface area contributed by atoms with Gasteiger partial charge in [-0.1, -0.05) is 0 Å². The minimum Gasteiger partial charge on any atom is -0.477 e. The van der Waals surface area contributed by atoms with Crippen LogP contribution in [-0.4, -0.2) is 232 Å². The van der Waals surface area contributed by atoms with Gasteiger partial charge >= 0.3 is 11.9 Å². The van der Waals surface area contributed by atoms with Gasteiger partial charge in [-0.15, -0.1) is 0 Å². The molecule has 4 aliphatic rings. The van der Waals surface area contributed by atoms with Gasteiger partial charge in [-0.25, -0.2) is 4.79 Å². The SMILES string of the molecule is CC(=O)OC1[C@H](O[C@H]2C(CO)O[C@H](O[C@@H]3C(O)[C@H](O[C@H]4C([C@H](O)CO)O[C@@](O)(C(=O)O)C[C@H]4O)OC(CO)[C@@H]3O)C(O)[C@H]2O)OC(CO)[C@H](O)[C@@H]1O. The molecule has 0 aromatic heterocycles. The number of carboxylic acid groups (broad SMARTS) is 1.